The van der Waals surface area contributed by atoms with Gasteiger partial charge in [-0.05, 0) is 24.6 Å². The van der Waals surface area contributed by atoms with Gasteiger partial charge >= 0.3 is 0 Å². The third-order valence-electron chi connectivity index (χ3n) is 2.75. The Bertz CT molecular complexity index is 688. The highest BCUT2D eigenvalue weighted by molar-refractivity contribution is 5.96. The van der Waals surface area contributed by atoms with Crippen molar-refractivity contribution in [2.45, 2.75) is 6.92 Å². The lowest BCUT2D eigenvalue weighted by atomic mass is 10.1. The summed E-state index contributed by atoms with van der Waals surface area (Å²) in [6, 6.07) is 9.61. The van der Waals surface area contributed by atoms with E-state index in [-0.39, 0.29) is 5.56 Å². The molecule has 2 aromatic carbocycles. The van der Waals surface area contributed by atoms with Crippen LogP contribution in [0.2, 0.25) is 0 Å². The van der Waals surface area contributed by atoms with Crippen molar-refractivity contribution in [3.8, 4) is 17.2 Å². The van der Waals surface area contributed by atoms with Gasteiger partial charge in [-0.15, -0.1) is 0 Å². The van der Waals surface area contributed by atoms with Crippen LogP contribution in [-0.4, -0.2) is 27.4 Å². The zero-order valence-corrected chi connectivity index (χ0v) is 11.2. The molecule has 0 heterocycles. The number of aromatic hydroxyl groups is 3. The Hall–Kier alpha value is -3.02. The van der Waals surface area contributed by atoms with Crippen molar-refractivity contribution in [1.82, 2.24) is 5.43 Å². The van der Waals surface area contributed by atoms with Gasteiger partial charge in [0.1, 0.15) is 0 Å². The number of phenolic OH excluding ortho intramolecular Hbond substituents is 3. The van der Waals surface area contributed by atoms with Gasteiger partial charge in [0.15, 0.2) is 17.2 Å². The monoisotopic (exact) mass is 286 g/mol. The Morgan fingerprint density at radius 3 is 2.43 bits per heavy atom. The minimum atomic E-state index is -0.671. The van der Waals surface area contributed by atoms with Crippen molar-refractivity contribution in [1.29, 1.82) is 0 Å². The minimum Gasteiger partial charge on any atom is -0.504 e. The fourth-order valence-electron chi connectivity index (χ4n) is 1.72. The number of hydrogen-bond acceptors (Lipinski definition) is 5. The molecule has 21 heavy (non-hydrogen) atoms. The number of hydrazone groups is 1. The van der Waals surface area contributed by atoms with E-state index in [9.17, 15) is 20.1 Å². The normalized spacial score (nSPS) is 10.7. The summed E-state index contributed by atoms with van der Waals surface area (Å²) in [6.07, 6.45) is 1.48. The fraction of sp³-hybridized carbons (Fsp3) is 0.0667. The predicted molar refractivity (Wildman–Crippen MR) is 77.7 cm³/mol. The number of carbonyl (C=O) groups excluding carboxylic acids is 1. The summed E-state index contributed by atoms with van der Waals surface area (Å²) in [6.45, 7) is 1.94. The summed E-state index contributed by atoms with van der Waals surface area (Å²) in [5, 5.41) is 31.7. The molecule has 0 aromatic heterocycles. The number of rotatable bonds is 3. The highest BCUT2D eigenvalue weighted by Crippen LogP contribution is 2.35. The Kier molecular flexibility index (Phi) is 4.08. The van der Waals surface area contributed by atoms with Gasteiger partial charge in [-0.3, -0.25) is 4.79 Å². The van der Waals surface area contributed by atoms with Gasteiger partial charge in [-0.1, -0.05) is 29.8 Å². The summed E-state index contributed by atoms with van der Waals surface area (Å²) in [7, 11) is 0. The number of carbonyl (C=O) groups is 1. The summed E-state index contributed by atoms with van der Waals surface area (Å²) in [4.78, 5) is 11.8. The van der Waals surface area contributed by atoms with E-state index < -0.39 is 23.2 Å². The van der Waals surface area contributed by atoms with Crippen LogP contribution in [0.1, 0.15) is 21.5 Å². The molecule has 6 heteroatoms. The van der Waals surface area contributed by atoms with Crippen molar-refractivity contribution >= 4 is 12.1 Å². The van der Waals surface area contributed by atoms with Gasteiger partial charge in [0.25, 0.3) is 5.91 Å². The van der Waals surface area contributed by atoms with Crippen LogP contribution in [0, 0.1) is 6.92 Å². The number of nitrogens with zero attached hydrogens (tertiary/aromatic N) is 1. The lowest BCUT2D eigenvalue weighted by Crippen LogP contribution is -2.17. The predicted octanol–water partition coefficient (Wildman–Crippen LogP) is 1.88. The first-order chi connectivity index (χ1) is 9.97. The van der Waals surface area contributed by atoms with Crippen molar-refractivity contribution in [3.05, 3.63) is 53.1 Å². The first kappa shape index (κ1) is 14.4. The first-order valence-corrected chi connectivity index (χ1v) is 6.12. The van der Waals surface area contributed by atoms with E-state index in [4.69, 9.17) is 0 Å². The first-order valence-electron chi connectivity index (χ1n) is 6.12. The largest absolute Gasteiger partial charge is 0.504 e. The molecular weight excluding hydrogens is 272 g/mol. The smallest absolute Gasteiger partial charge is 0.271 e. The molecule has 0 spiro atoms. The second-order valence-electron chi connectivity index (χ2n) is 4.48. The van der Waals surface area contributed by atoms with Gasteiger partial charge in [0, 0.05) is 5.56 Å². The fourth-order valence-corrected chi connectivity index (χ4v) is 1.72. The quantitative estimate of drug-likeness (QED) is 0.393. The van der Waals surface area contributed by atoms with Crippen molar-refractivity contribution in [3.63, 3.8) is 0 Å². The molecule has 0 unspecified atom stereocenters. The van der Waals surface area contributed by atoms with E-state index in [1.54, 1.807) is 0 Å². The second kappa shape index (κ2) is 5.96. The number of aryl methyl sites for hydroxylation is 1. The Morgan fingerprint density at radius 1 is 1.14 bits per heavy atom. The van der Waals surface area contributed by atoms with Gasteiger partial charge in [0.2, 0.25) is 0 Å². The lowest BCUT2D eigenvalue weighted by Gasteiger charge is -2.04. The van der Waals surface area contributed by atoms with Crippen LogP contribution < -0.4 is 5.43 Å². The molecule has 1 amide bonds. The topological polar surface area (TPSA) is 102 Å². The molecular formula is C15H14N2O4. The molecule has 0 radical (unpaired) electrons. The summed E-state index contributed by atoms with van der Waals surface area (Å²) in [5.74, 6) is -2.45. The van der Waals surface area contributed by atoms with E-state index in [0.29, 0.717) is 0 Å². The van der Waals surface area contributed by atoms with Crippen molar-refractivity contribution in [2.24, 2.45) is 5.10 Å². The molecule has 2 aromatic rings. The van der Waals surface area contributed by atoms with E-state index in [1.165, 1.54) is 6.21 Å². The summed E-state index contributed by atoms with van der Waals surface area (Å²) >= 11 is 0. The van der Waals surface area contributed by atoms with Crippen LogP contribution in [0.3, 0.4) is 0 Å². The number of nitrogens with one attached hydrogen (secondary N) is 1. The van der Waals surface area contributed by atoms with Gasteiger partial charge in [-0.25, -0.2) is 5.43 Å². The third kappa shape index (κ3) is 3.50. The van der Waals surface area contributed by atoms with Gasteiger partial charge < -0.3 is 15.3 Å². The molecule has 0 aliphatic carbocycles. The van der Waals surface area contributed by atoms with E-state index in [2.05, 4.69) is 10.5 Å². The van der Waals surface area contributed by atoms with Crippen LogP contribution in [0.25, 0.3) is 0 Å². The van der Waals surface area contributed by atoms with Crippen LogP contribution in [0.15, 0.2) is 41.5 Å². The zero-order valence-electron chi connectivity index (χ0n) is 11.2. The molecule has 0 fully saturated rings. The van der Waals surface area contributed by atoms with E-state index in [1.807, 2.05) is 31.2 Å². The maximum Gasteiger partial charge on any atom is 0.271 e. The molecule has 4 N–H and O–H groups in total. The SMILES string of the molecule is Cc1cccc(C=NNC(=O)c2cc(O)c(O)c(O)c2)c1. The Labute approximate surface area is 121 Å². The van der Waals surface area contributed by atoms with Crippen molar-refractivity contribution in [2.75, 3.05) is 0 Å². The molecule has 108 valence electrons. The van der Waals surface area contributed by atoms with E-state index in [0.717, 1.165) is 23.3 Å². The zero-order chi connectivity index (χ0) is 15.4. The Morgan fingerprint density at radius 2 is 1.81 bits per heavy atom. The van der Waals surface area contributed by atoms with Crippen LogP contribution >= 0.6 is 0 Å². The Balaban J connectivity index is 2.08. The molecule has 0 aliphatic heterocycles. The lowest BCUT2D eigenvalue weighted by molar-refractivity contribution is 0.0954. The second-order valence-corrected chi connectivity index (χ2v) is 4.48. The maximum atomic E-state index is 11.8. The maximum absolute atomic E-state index is 11.8. The number of amides is 1. The minimum absolute atomic E-state index is 0.0239. The highest BCUT2D eigenvalue weighted by atomic mass is 16.3. The number of hydrogen-bond donors (Lipinski definition) is 4. The molecule has 6 nitrogen and oxygen atoms in total. The molecule has 0 aliphatic rings. The van der Waals surface area contributed by atoms with Crippen LogP contribution in [0.4, 0.5) is 0 Å². The van der Waals surface area contributed by atoms with Gasteiger partial charge in [-0.2, -0.15) is 5.10 Å². The van der Waals surface area contributed by atoms with Crippen LogP contribution in [-0.2, 0) is 0 Å². The average molecular weight is 286 g/mol. The number of phenols is 3. The van der Waals surface area contributed by atoms with E-state index >= 15 is 0 Å². The summed E-state index contributed by atoms with van der Waals surface area (Å²) < 4.78 is 0. The van der Waals surface area contributed by atoms with Crippen LogP contribution in [0.5, 0.6) is 17.2 Å². The van der Waals surface area contributed by atoms with Gasteiger partial charge in [0.05, 0.1) is 6.21 Å². The molecule has 2 rings (SSSR count). The summed E-state index contributed by atoms with van der Waals surface area (Å²) in [5.41, 5.74) is 4.14. The molecule has 0 bridgehead atoms. The van der Waals surface area contributed by atoms with Crippen molar-refractivity contribution < 1.29 is 20.1 Å². The standard InChI is InChI=1S/C15H14N2O4/c1-9-3-2-4-10(5-9)8-16-17-15(21)11-6-12(18)14(20)13(19)7-11/h2-8,18-20H,1H3,(H,17,21). The molecule has 0 atom stereocenters. The third-order valence-corrected chi connectivity index (χ3v) is 2.75. The average Bonchev–Trinajstić information content (AvgIpc) is 2.44. The molecule has 0 saturated heterocycles. The number of benzene rings is 2. The highest BCUT2D eigenvalue weighted by Gasteiger charge is 2.12. The molecule has 0 saturated carbocycles.